The molecule has 0 radical (unpaired) electrons. The summed E-state index contributed by atoms with van der Waals surface area (Å²) < 4.78 is 21.1. The summed E-state index contributed by atoms with van der Waals surface area (Å²) in [5.41, 5.74) is 0. The van der Waals surface area contributed by atoms with Crippen LogP contribution in [0.4, 0.5) is 0 Å². The molecule has 1 N–H and O–H groups in total. The Balaban J connectivity index is 5.20. The van der Waals surface area contributed by atoms with E-state index in [9.17, 15) is 8.42 Å². The van der Waals surface area contributed by atoms with E-state index in [-0.39, 0.29) is 0 Å². The first-order chi connectivity index (χ1) is 4.39. The Kier molecular flexibility index (Phi) is 2.43. The monoisotopic (exact) mass is 161 g/mol. The van der Waals surface area contributed by atoms with Crippen LogP contribution in [0.1, 0.15) is 6.92 Å². The van der Waals surface area contributed by atoms with Crippen LogP contribution in [0, 0.1) is 11.3 Å². The maximum Gasteiger partial charge on any atom is 0.188 e. The van der Waals surface area contributed by atoms with Gasteiger partial charge in [-0.3, -0.25) is 0 Å². The molecule has 0 aromatic carbocycles. The number of aliphatic hydroxyl groups is 1. The highest BCUT2D eigenvalue weighted by Gasteiger charge is 2.13. The Morgan fingerprint density at radius 1 is 1.60 bits per heavy atom. The Hall–Kier alpha value is -1.02. The summed E-state index contributed by atoms with van der Waals surface area (Å²) in [4.78, 5) is -0.576. The molecule has 0 bridgehead atoms. The highest BCUT2D eigenvalue weighted by atomic mass is 32.2. The zero-order valence-corrected chi connectivity index (χ0v) is 6.44. The van der Waals surface area contributed by atoms with Crippen molar-refractivity contribution in [3.05, 3.63) is 10.7 Å². The van der Waals surface area contributed by atoms with Gasteiger partial charge in [0.2, 0.25) is 0 Å². The average Bonchev–Trinajstić information content (AvgIpc) is 1.60. The van der Waals surface area contributed by atoms with Crippen LogP contribution in [0.5, 0.6) is 0 Å². The lowest BCUT2D eigenvalue weighted by molar-refractivity contribution is 0.412. The molecular formula is C5H7NO3S. The van der Waals surface area contributed by atoms with Gasteiger partial charge in [-0.05, 0) is 6.92 Å². The molecular weight excluding hydrogens is 154 g/mol. The number of hydrogen-bond donors (Lipinski definition) is 1. The maximum absolute atomic E-state index is 10.6. The van der Waals surface area contributed by atoms with E-state index in [4.69, 9.17) is 10.4 Å². The molecule has 10 heavy (non-hydrogen) atoms. The molecule has 0 spiro atoms. The van der Waals surface area contributed by atoms with Crippen molar-refractivity contribution >= 4 is 9.84 Å². The van der Waals surface area contributed by atoms with Gasteiger partial charge >= 0.3 is 0 Å². The SMILES string of the molecule is CC(O)=C(C#N)S(C)(=O)=O. The summed E-state index contributed by atoms with van der Waals surface area (Å²) in [5.74, 6) is -0.468. The third kappa shape index (κ3) is 2.07. The zero-order valence-electron chi connectivity index (χ0n) is 5.62. The summed E-state index contributed by atoms with van der Waals surface area (Å²) in [6.45, 7) is 1.15. The molecule has 0 amide bonds. The lowest BCUT2D eigenvalue weighted by atomic mass is 10.5. The lowest BCUT2D eigenvalue weighted by Crippen LogP contribution is -2.01. The standard InChI is InChI=1S/C5H7NO3S/c1-4(7)5(3-6)10(2,8)9/h7H,1-2H3. The van der Waals surface area contributed by atoms with E-state index in [1.165, 1.54) is 6.07 Å². The smallest absolute Gasteiger partial charge is 0.188 e. The summed E-state index contributed by atoms with van der Waals surface area (Å²) in [6, 6.07) is 1.38. The largest absolute Gasteiger partial charge is 0.510 e. The second-order valence-corrected chi connectivity index (χ2v) is 3.75. The molecule has 0 rings (SSSR count). The van der Waals surface area contributed by atoms with Crippen LogP contribution in [-0.2, 0) is 9.84 Å². The van der Waals surface area contributed by atoms with Crippen LogP contribution >= 0.6 is 0 Å². The molecule has 0 aliphatic heterocycles. The van der Waals surface area contributed by atoms with Crippen molar-refractivity contribution in [2.45, 2.75) is 6.92 Å². The number of allylic oxidation sites excluding steroid dienone is 2. The molecule has 0 heterocycles. The normalized spacial score (nSPS) is 13.7. The first-order valence-corrected chi connectivity index (χ1v) is 4.28. The third-order valence-electron chi connectivity index (χ3n) is 0.801. The molecule has 5 heteroatoms. The first-order valence-electron chi connectivity index (χ1n) is 2.39. The van der Waals surface area contributed by atoms with Gasteiger partial charge in [0.1, 0.15) is 11.8 Å². The lowest BCUT2D eigenvalue weighted by Gasteiger charge is -1.93. The number of aliphatic hydroxyl groups excluding tert-OH is 1. The van der Waals surface area contributed by atoms with Crippen molar-refractivity contribution in [3.8, 4) is 6.07 Å². The Bertz CT molecular complexity index is 289. The van der Waals surface area contributed by atoms with Gasteiger partial charge in [0.05, 0.1) is 0 Å². The molecule has 0 aromatic rings. The van der Waals surface area contributed by atoms with Crippen LogP contribution in [-0.4, -0.2) is 19.8 Å². The first kappa shape index (κ1) is 8.98. The number of sulfone groups is 1. The van der Waals surface area contributed by atoms with Crippen molar-refractivity contribution in [1.82, 2.24) is 0 Å². The number of nitriles is 1. The second kappa shape index (κ2) is 2.71. The van der Waals surface area contributed by atoms with E-state index in [1.807, 2.05) is 0 Å². The fourth-order valence-electron chi connectivity index (χ4n) is 0.432. The molecule has 4 nitrogen and oxygen atoms in total. The van der Waals surface area contributed by atoms with E-state index in [1.54, 1.807) is 0 Å². The number of nitrogens with zero attached hydrogens (tertiary/aromatic N) is 1. The quantitative estimate of drug-likeness (QED) is 0.444. The predicted octanol–water partition coefficient (Wildman–Crippen LogP) is 0.344. The molecule has 0 aliphatic rings. The van der Waals surface area contributed by atoms with Crippen molar-refractivity contribution < 1.29 is 13.5 Å². The van der Waals surface area contributed by atoms with E-state index >= 15 is 0 Å². The Labute approximate surface area is 59.3 Å². The van der Waals surface area contributed by atoms with E-state index < -0.39 is 20.5 Å². The van der Waals surface area contributed by atoms with Crippen molar-refractivity contribution in [2.75, 3.05) is 6.26 Å². The Morgan fingerprint density at radius 2 is 2.00 bits per heavy atom. The molecule has 0 aliphatic carbocycles. The Morgan fingerprint density at radius 3 is 2.00 bits per heavy atom. The van der Waals surface area contributed by atoms with Gasteiger partial charge in [-0.15, -0.1) is 0 Å². The fraction of sp³-hybridized carbons (Fsp3) is 0.400. The zero-order chi connectivity index (χ0) is 8.36. The van der Waals surface area contributed by atoms with Gasteiger partial charge in [-0.25, -0.2) is 8.42 Å². The van der Waals surface area contributed by atoms with Crippen LogP contribution in [0.25, 0.3) is 0 Å². The highest BCUT2D eigenvalue weighted by Crippen LogP contribution is 2.06. The fourth-order valence-corrected chi connectivity index (χ4v) is 1.13. The third-order valence-corrected chi connectivity index (χ3v) is 1.93. The van der Waals surface area contributed by atoms with Gasteiger partial charge in [-0.1, -0.05) is 0 Å². The van der Waals surface area contributed by atoms with Crippen LogP contribution < -0.4 is 0 Å². The molecule has 56 valence electrons. The summed E-state index contributed by atoms with van der Waals surface area (Å²) in [5, 5.41) is 16.8. The van der Waals surface area contributed by atoms with E-state index in [2.05, 4.69) is 0 Å². The van der Waals surface area contributed by atoms with Gasteiger partial charge in [0, 0.05) is 6.26 Å². The number of rotatable bonds is 1. The van der Waals surface area contributed by atoms with Crippen molar-refractivity contribution in [2.24, 2.45) is 0 Å². The molecule has 0 fully saturated rings. The molecule has 0 aromatic heterocycles. The summed E-state index contributed by atoms with van der Waals surface area (Å²) >= 11 is 0. The van der Waals surface area contributed by atoms with E-state index in [0.717, 1.165) is 13.2 Å². The highest BCUT2D eigenvalue weighted by molar-refractivity contribution is 7.94. The van der Waals surface area contributed by atoms with Gasteiger partial charge in [-0.2, -0.15) is 5.26 Å². The van der Waals surface area contributed by atoms with Crippen LogP contribution in [0.15, 0.2) is 10.7 Å². The predicted molar refractivity (Wildman–Crippen MR) is 35.8 cm³/mol. The molecule has 0 saturated heterocycles. The number of hydrogen-bond acceptors (Lipinski definition) is 4. The maximum atomic E-state index is 10.6. The van der Waals surface area contributed by atoms with Gasteiger partial charge in [0.25, 0.3) is 0 Å². The topological polar surface area (TPSA) is 78.2 Å². The van der Waals surface area contributed by atoms with E-state index in [0.29, 0.717) is 0 Å². The summed E-state index contributed by atoms with van der Waals surface area (Å²) in [7, 11) is -3.55. The van der Waals surface area contributed by atoms with Crippen molar-refractivity contribution in [1.29, 1.82) is 5.26 Å². The van der Waals surface area contributed by atoms with Crippen LogP contribution in [0.2, 0.25) is 0 Å². The minimum atomic E-state index is -3.55. The van der Waals surface area contributed by atoms with Crippen molar-refractivity contribution in [3.63, 3.8) is 0 Å². The molecule has 0 unspecified atom stereocenters. The summed E-state index contributed by atoms with van der Waals surface area (Å²) in [6.07, 6.45) is 0.866. The molecule has 0 saturated carbocycles. The van der Waals surface area contributed by atoms with Crippen LogP contribution in [0.3, 0.4) is 0 Å². The molecule has 0 atom stereocenters. The van der Waals surface area contributed by atoms with Gasteiger partial charge in [0.15, 0.2) is 14.7 Å². The minimum absolute atomic E-state index is 0.468. The van der Waals surface area contributed by atoms with Gasteiger partial charge < -0.3 is 5.11 Å². The minimum Gasteiger partial charge on any atom is -0.510 e. The second-order valence-electron chi connectivity index (χ2n) is 1.80. The average molecular weight is 161 g/mol.